The maximum Gasteiger partial charge on any atom is 0.161 e. The number of aliphatic imine (C=N–C) groups is 1. The number of amidine groups is 1. The number of benzene rings is 1. The lowest BCUT2D eigenvalue weighted by Gasteiger charge is -2.04. The van der Waals surface area contributed by atoms with Crippen LogP contribution in [0, 0.1) is 0 Å². The molecule has 0 saturated heterocycles. The Kier molecular flexibility index (Phi) is 7.08. The molecule has 6 heteroatoms. The van der Waals surface area contributed by atoms with Crippen LogP contribution in [-0.4, -0.2) is 30.8 Å². The Balaban J connectivity index is 0.00000200. The molecule has 0 atom stereocenters. The molecule has 1 heterocycles. The Bertz CT molecular complexity index is 489. The van der Waals surface area contributed by atoms with Gasteiger partial charge in [-0.3, -0.25) is 10.4 Å². The second kappa shape index (κ2) is 8.58. The molecule has 5 nitrogen and oxygen atoms in total. The second-order valence-electron chi connectivity index (χ2n) is 4.44. The highest BCUT2D eigenvalue weighted by molar-refractivity contribution is 8.93. The van der Waals surface area contributed by atoms with Crippen molar-refractivity contribution in [2.75, 3.05) is 13.7 Å². The Morgan fingerprint density at radius 1 is 1.35 bits per heavy atom. The summed E-state index contributed by atoms with van der Waals surface area (Å²) >= 11 is 0. The summed E-state index contributed by atoms with van der Waals surface area (Å²) in [6, 6.07) is 5.09. The number of halogens is 1. The lowest BCUT2D eigenvalue weighted by Crippen LogP contribution is -2.17. The lowest BCUT2D eigenvalue weighted by atomic mass is 10.2. The van der Waals surface area contributed by atoms with Crippen LogP contribution in [0.2, 0.25) is 0 Å². The summed E-state index contributed by atoms with van der Waals surface area (Å²) in [7, 11) is 1.52. The molecule has 0 bridgehead atoms. The molecule has 1 aromatic carbocycles. The predicted molar refractivity (Wildman–Crippen MR) is 86.5 cm³/mol. The Hall–Kier alpha value is -1.56. The molecule has 2 N–H and O–H groups in total. The normalized spacial score (nSPS) is 15.2. The molecule has 0 amide bonds. The molecule has 1 aliphatic rings. The predicted octanol–water partition coefficient (Wildman–Crippen LogP) is 2.87. The fourth-order valence-electron chi connectivity index (χ4n) is 1.92. The zero-order chi connectivity index (χ0) is 13.5. The molecule has 1 aromatic rings. The maximum absolute atomic E-state index is 9.49. The first-order valence-corrected chi connectivity index (χ1v) is 6.49. The smallest absolute Gasteiger partial charge is 0.161 e. The average molecular weight is 342 g/mol. The largest absolute Gasteiger partial charge is 0.504 e. The van der Waals surface area contributed by atoms with E-state index in [0.717, 1.165) is 37.2 Å². The number of nitrogens with one attached hydrogen (secondary N) is 1. The van der Waals surface area contributed by atoms with Gasteiger partial charge >= 0.3 is 0 Å². The average Bonchev–Trinajstić information content (AvgIpc) is 2.69. The van der Waals surface area contributed by atoms with Crippen LogP contribution in [0.4, 0.5) is 0 Å². The van der Waals surface area contributed by atoms with Gasteiger partial charge in [-0.25, -0.2) is 0 Å². The minimum Gasteiger partial charge on any atom is -0.504 e. The van der Waals surface area contributed by atoms with Gasteiger partial charge in [0.25, 0.3) is 0 Å². The summed E-state index contributed by atoms with van der Waals surface area (Å²) < 4.78 is 5.04. The topological polar surface area (TPSA) is 66.2 Å². The van der Waals surface area contributed by atoms with Crippen molar-refractivity contribution in [2.45, 2.75) is 25.7 Å². The molecule has 0 spiro atoms. The van der Waals surface area contributed by atoms with Crippen molar-refractivity contribution in [3.05, 3.63) is 23.8 Å². The zero-order valence-corrected chi connectivity index (χ0v) is 13.2. The van der Waals surface area contributed by atoms with Crippen molar-refractivity contribution in [2.24, 2.45) is 10.1 Å². The van der Waals surface area contributed by atoms with Gasteiger partial charge in [0.1, 0.15) is 5.84 Å². The van der Waals surface area contributed by atoms with Crippen molar-refractivity contribution in [3.8, 4) is 11.5 Å². The van der Waals surface area contributed by atoms with Crippen LogP contribution in [0.25, 0.3) is 0 Å². The fraction of sp³-hybridized carbons (Fsp3) is 0.429. The fourth-order valence-corrected chi connectivity index (χ4v) is 1.92. The number of hydrogen-bond donors (Lipinski definition) is 2. The van der Waals surface area contributed by atoms with E-state index in [2.05, 4.69) is 15.5 Å². The van der Waals surface area contributed by atoms with Gasteiger partial charge in [-0.15, -0.1) is 17.0 Å². The van der Waals surface area contributed by atoms with Gasteiger partial charge in [0, 0.05) is 13.0 Å². The van der Waals surface area contributed by atoms with Crippen molar-refractivity contribution in [1.29, 1.82) is 0 Å². The summed E-state index contributed by atoms with van der Waals surface area (Å²) in [6.07, 6.45) is 6.19. The van der Waals surface area contributed by atoms with Gasteiger partial charge in [0.05, 0.1) is 13.3 Å². The van der Waals surface area contributed by atoms with Gasteiger partial charge in [-0.1, -0.05) is 6.42 Å². The van der Waals surface area contributed by atoms with E-state index in [9.17, 15) is 5.11 Å². The molecule has 20 heavy (non-hydrogen) atoms. The Morgan fingerprint density at radius 3 is 3.00 bits per heavy atom. The van der Waals surface area contributed by atoms with E-state index in [4.69, 9.17) is 4.74 Å². The van der Waals surface area contributed by atoms with Gasteiger partial charge in [-0.05, 0) is 36.6 Å². The molecule has 0 unspecified atom stereocenters. The Labute approximate surface area is 129 Å². The quantitative estimate of drug-likeness (QED) is 0.656. The van der Waals surface area contributed by atoms with Crippen molar-refractivity contribution in [3.63, 3.8) is 0 Å². The second-order valence-corrected chi connectivity index (χ2v) is 4.44. The summed E-state index contributed by atoms with van der Waals surface area (Å²) in [5.74, 6) is 1.51. The van der Waals surface area contributed by atoms with Crippen LogP contribution in [0.15, 0.2) is 28.3 Å². The number of methoxy groups -OCH3 is 1. The molecule has 0 fully saturated rings. The summed E-state index contributed by atoms with van der Waals surface area (Å²) in [5.41, 5.74) is 3.84. The van der Waals surface area contributed by atoms with E-state index < -0.39 is 0 Å². The van der Waals surface area contributed by atoms with Crippen LogP contribution in [0.1, 0.15) is 31.2 Å². The Morgan fingerprint density at radius 2 is 2.20 bits per heavy atom. The van der Waals surface area contributed by atoms with E-state index >= 15 is 0 Å². The summed E-state index contributed by atoms with van der Waals surface area (Å²) in [4.78, 5) is 4.43. The maximum atomic E-state index is 9.49. The zero-order valence-electron chi connectivity index (χ0n) is 11.5. The van der Waals surface area contributed by atoms with Gasteiger partial charge in [0.15, 0.2) is 11.5 Å². The summed E-state index contributed by atoms with van der Waals surface area (Å²) in [6.45, 7) is 0.880. The van der Waals surface area contributed by atoms with Gasteiger partial charge < -0.3 is 9.84 Å². The SMILES string of the molecule is Br.COc1cc(/C=N/NC2=NCCCCC2)ccc1O. The van der Waals surface area contributed by atoms with E-state index in [0.29, 0.717) is 5.75 Å². The van der Waals surface area contributed by atoms with Crippen molar-refractivity contribution in [1.82, 2.24) is 5.43 Å². The van der Waals surface area contributed by atoms with Gasteiger partial charge in [0.2, 0.25) is 0 Å². The van der Waals surface area contributed by atoms with E-state index in [1.54, 1.807) is 24.4 Å². The minimum absolute atomic E-state index is 0. The monoisotopic (exact) mass is 341 g/mol. The molecular formula is C14H20BrN3O2. The molecule has 110 valence electrons. The third kappa shape index (κ3) is 4.85. The number of phenols is 1. The summed E-state index contributed by atoms with van der Waals surface area (Å²) in [5, 5.41) is 13.7. The van der Waals surface area contributed by atoms with Crippen LogP contribution in [0.5, 0.6) is 11.5 Å². The van der Waals surface area contributed by atoms with Crippen LogP contribution in [-0.2, 0) is 0 Å². The number of hydrazone groups is 1. The van der Waals surface area contributed by atoms with Crippen molar-refractivity contribution < 1.29 is 9.84 Å². The molecule has 0 saturated carbocycles. The third-order valence-corrected chi connectivity index (χ3v) is 2.99. The van der Waals surface area contributed by atoms with Crippen molar-refractivity contribution >= 4 is 29.0 Å². The van der Waals surface area contributed by atoms with Crippen LogP contribution in [0.3, 0.4) is 0 Å². The highest BCUT2D eigenvalue weighted by Crippen LogP contribution is 2.25. The number of hydrogen-bond acceptors (Lipinski definition) is 5. The first-order chi connectivity index (χ1) is 9.29. The van der Waals surface area contributed by atoms with E-state index in [1.165, 1.54) is 13.5 Å². The standard InChI is InChI=1S/C14H19N3O2.BrH/c1-19-13-9-11(6-7-12(13)18)10-16-17-14-5-3-2-4-8-15-14;/h6-7,9-10,18H,2-5,8H2,1H3,(H,15,17);1H/b16-10+;. The molecule has 0 aliphatic carbocycles. The first-order valence-electron chi connectivity index (χ1n) is 6.49. The van der Waals surface area contributed by atoms with E-state index in [-0.39, 0.29) is 22.7 Å². The number of rotatable bonds is 3. The third-order valence-electron chi connectivity index (χ3n) is 2.99. The van der Waals surface area contributed by atoms with E-state index in [1.807, 2.05) is 0 Å². The first kappa shape index (κ1) is 16.5. The highest BCUT2D eigenvalue weighted by Gasteiger charge is 2.03. The molecule has 1 aliphatic heterocycles. The van der Waals surface area contributed by atoms with Gasteiger partial charge in [-0.2, -0.15) is 5.10 Å². The molecule has 0 aromatic heterocycles. The molecule has 0 radical (unpaired) electrons. The van der Waals surface area contributed by atoms with Crippen LogP contribution < -0.4 is 10.2 Å². The highest BCUT2D eigenvalue weighted by atomic mass is 79.9. The number of aromatic hydroxyl groups is 1. The molecular weight excluding hydrogens is 322 g/mol. The van der Waals surface area contributed by atoms with Crippen LogP contribution >= 0.6 is 17.0 Å². The number of phenolic OH excluding ortho intramolecular Hbond substituents is 1. The molecule has 2 rings (SSSR count). The number of nitrogens with zero attached hydrogens (tertiary/aromatic N) is 2. The number of ether oxygens (including phenoxy) is 1. The lowest BCUT2D eigenvalue weighted by molar-refractivity contribution is 0.373. The minimum atomic E-state index is 0.